The van der Waals surface area contributed by atoms with Gasteiger partial charge in [-0.25, -0.2) is 9.59 Å². The molecule has 0 bridgehead atoms. The average Bonchev–Trinajstić information content (AvgIpc) is 2.89. The molecule has 1 saturated carbocycles. The van der Waals surface area contributed by atoms with Crippen molar-refractivity contribution in [2.24, 2.45) is 0 Å². The topological polar surface area (TPSA) is 114 Å². The Balaban J connectivity index is 0.00000441. The fourth-order valence-corrected chi connectivity index (χ4v) is 5.24. The van der Waals surface area contributed by atoms with Gasteiger partial charge in [0, 0.05) is 11.6 Å². The first-order valence-electron chi connectivity index (χ1n) is 13.8. The summed E-state index contributed by atoms with van der Waals surface area (Å²) in [7, 11) is 0. The summed E-state index contributed by atoms with van der Waals surface area (Å²) in [4.78, 5) is 37.1. The number of aryl methyl sites for hydroxylation is 1. The maximum atomic E-state index is 13.3. The van der Waals surface area contributed by atoms with Gasteiger partial charge in [-0.1, -0.05) is 30.3 Å². The van der Waals surface area contributed by atoms with Crippen molar-refractivity contribution >= 4 is 29.7 Å². The van der Waals surface area contributed by atoms with Crippen LogP contribution in [0.2, 0.25) is 0 Å². The Labute approximate surface area is 261 Å². The zero-order valence-electron chi connectivity index (χ0n) is 26.1. The Bertz CT molecular complexity index is 1180. The molecule has 41 heavy (non-hydrogen) atoms. The van der Waals surface area contributed by atoms with Crippen LogP contribution in [0.5, 0.6) is 0 Å². The first-order chi connectivity index (χ1) is 19.0. The van der Waals surface area contributed by atoms with Crippen LogP contribution < -0.4 is 29.5 Å². The van der Waals surface area contributed by atoms with Crippen LogP contribution in [0.25, 0.3) is 11.1 Å². The van der Waals surface area contributed by atoms with Crippen LogP contribution in [0.4, 0.5) is 4.79 Å². The van der Waals surface area contributed by atoms with Crippen molar-refractivity contribution in [3.63, 3.8) is 0 Å². The van der Waals surface area contributed by atoms with Crippen molar-refractivity contribution in [1.29, 1.82) is 0 Å². The van der Waals surface area contributed by atoms with Crippen molar-refractivity contribution < 1.29 is 49.3 Å². The largest absolute Gasteiger partial charge is 1.00 e. The van der Waals surface area contributed by atoms with Crippen LogP contribution in [-0.2, 0) is 20.9 Å². The molecule has 2 aromatic rings. The molecule has 0 aromatic heterocycles. The summed E-state index contributed by atoms with van der Waals surface area (Å²) >= 11 is 1.54. The number of ether oxygens (including phenoxy) is 2. The fraction of sp³-hybridized carbons (Fsp3) is 0.516. The maximum absolute atomic E-state index is 13.3. The summed E-state index contributed by atoms with van der Waals surface area (Å²) in [5.41, 5.74) is 3.52. The summed E-state index contributed by atoms with van der Waals surface area (Å²) in [5.74, 6) is -0.812. The molecular weight excluding hydrogens is 535 g/mol. The maximum Gasteiger partial charge on any atom is 1.00 e. The second-order valence-electron chi connectivity index (χ2n) is 11.3. The minimum atomic E-state index is -1.04. The smallest absolute Gasteiger partial charge is 1.00 e. The number of alkyl carbamates (subject to hydrolysis) is 1. The van der Waals surface area contributed by atoms with Gasteiger partial charge in [-0.2, -0.15) is 11.8 Å². The van der Waals surface area contributed by atoms with Gasteiger partial charge in [0.15, 0.2) is 0 Å². The number of aliphatic carboxylic acids is 1. The van der Waals surface area contributed by atoms with E-state index in [1.807, 2.05) is 70.3 Å². The van der Waals surface area contributed by atoms with E-state index >= 15 is 0 Å². The number of benzene rings is 2. The number of carboxylic acid groups (broad SMARTS) is 1. The van der Waals surface area contributed by atoms with E-state index in [-0.39, 0.29) is 38.5 Å². The predicted octanol–water partition coefficient (Wildman–Crippen LogP) is 3.07. The SMILES string of the molecule is CSCCC(NC(=O)c1ccc(COC2CCC(NC(=O)OC(C)(C)C)CC2)cc1-c1ccccc1C)C(=O)O.[H-].[Li+]. The molecule has 1 fully saturated rings. The molecular formula is C31H43LiN2O6S. The molecule has 1 aliphatic carbocycles. The molecule has 1 unspecified atom stereocenters. The number of hydrogen-bond acceptors (Lipinski definition) is 6. The van der Waals surface area contributed by atoms with Crippen molar-refractivity contribution in [2.75, 3.05) is 12.0 Å². The third-order valence-corrected chi connectivity index (χ3v) is 7.50. The normalized spacial score (nSPS) is 17.6. The zero-order valence-corrected chi connectivity index (χ0v) is 25.9. The summed E-state index contributed by atoms with van der Waals surface area (Å²) in [6.45, 7) is 7.92. The Morgan fingerprint density at radius 1 is 1.07 bits per heavy atom. The number of carboxylic acids is 1. The molecule has 0 spiro atoms. The van der Waals surface area contributed by atoms with Gasteiger partial charge in [-0.15, -0.1) is 0 Å². The minimum Gasteiger partial charge on any atom is -1.00 e. The van der Waals surface area contributed by atoms with Gasteiger partial charge in [0.05, 0.1) is 12.7 Å². The van der Waals surface area contributed by atoms with Crippen molar-refractivity contribution in [2.45, 2.75) is 90.2 Å². The van der Waals surface area contributed by atoms with E-state index < -0.39 is 23.5 Å². The van der Waals surface area contributed by atoms with Crippen LogP contribution in [0, 0.1) is 6.92 Å². The zero-order chi connectivity index (χ0) is 29.3. The van der Waals surface area contributed by atoms with Gasteiger partial charge < -0.3 is 26.6 Å². The van der Waals surface area contributed by atoms with E-state index in [0.717, 1.165) is 47.9 Å². The second-order valence-corrected chi connectivity index (χ2v) is 12.3. The quantitative estimate of drug-likeness (QED) is 0.351. The van der Waals surface area contributed by atoms with E-state index in [1.54, 1.807) is 17.8 Å². The number of thioether (sulfide) groups is 1. The first kappa shape index (κ1) is 34.8. The van der Waals surface area contributed by atoms with Crippen LogP contribution >= 0.6 is 11.8 Å². The van der Waals surface area contributed by atoms with Gasteiger partial charge in [-0.3, -0.25) is 4.79 Å². The number of carbonyl (C=O) groups excluding carboxylic acids is 2. The van der Waals surface area contributed by atoms with E-state index in [9.17, 15) is 19.5 Å². The molecule has 2 amide bonds. The average molecular weight is 579 g/mol. The summed E-state index contributed by atoms with van der Waals surface area (Å²) in [6.07, 6.45) is 5.25. The van der Waals surface area contributed by atoms with E-state index in [4.69, 9.17) is 9.47 Å². The van der Waals surface area contributed by atoms with Crippen molar-refractivity contribution in [1.82, 2.24) is 10.6 Å². The van der Waals surface area contributed by atoms with Crippen LogP contribution in [0.1, 0.15) is 75.8 Å². The number of hydrogen-bond donors (Lipinski definition) is 3. The van der Waals surface area contributed by atoms with Gasteiger partial charge >= 0.3 is 30.9 Å². The Kier molecular flexibility index (Phi) is 13.8. The molecule has 10 heteroatoms. The Morgan fingerprint density at radius 2 is 1.76 bits per heavy atom. The standard InChI is InChI=1S/C31H42N2O6S.Li.H/c1-20-8-6-7-9-24(20)26-18-21(10-15-25(26)28(34)33-27(29(35)36)16-17-40-5)19-38-23-13-11-22(12-14-23)32-30(37)39-31(2,3)4;;/h6-10,15,18,22-23,27H,11-14,16-17,19H2,1-5H3,(H,32,37)(H,33,34)(H,35,36);;/q;+1;-1. The molecule has 3 N–H and O–H groups in total. The summed E-state index contributed by atoms with van der Waals surface area (Å²) in [5, 5.41) is 15.3. The number of carbonyl (C=O) groups is 3. The van der Waals surface area contributed by atoms with Gasteiger partial charge in [0.1, 0.15) is 11.6 Å². The van der Waals surface area contributed by atoms with Gasteiger partial charge in [0.2, 0.25) is 0 Å². The third-order valence-electron chi connectivity index (χ3n) is 6.86. The molecule has 3 rings (SSSR count). The predicted molar refractivity (Wildman–Crippen MR) is 160 cm³/mol. The molecule has 2 aromatic carbocycles. The van der Waals surface area contributed by atoms with Crippen molar-refractivity contribution in [3.8, 4) is 11.1 Å². The first-order valence-corrected chi connectivity index (χ1v) is 15.2. The molecule has 1 aliphatic rings. The molecule has 220 valence electrons. The van der Waals surface area contributed by atoms with Crippen molar-refractivity contribution in [3.05, 3.63) is 59.2 Å². The molecule has 0 aliphatic heterocycles. The van der Waals surface area contributed by atoms with E-state index in [0.29, 0.717) is 24.3 Å². The molecule has 0 radical (unpaired) electrons. The van der Waals surface area contributed by atoms with E-state index in [1.165, 1.54) is 0 Å². The van der Waals surface area contributed by atoms with Crippen LogP contribution in [0.15, 0.2) is 42.5 Å². The molecule has 8 nitrogen and oxygen atoms in total. The van der Waals surface area contributed by atoms with Gasteiger partial charge in [0.25, 0.3) is 5.91 Å². The Morgan fingerprint density at radius 3 is 2.37 bits per heavy atom. The molecule has 0 saturated heterocycles. The number of amides is 2. The molecule has 0 heterocycles. The minimum absolute atomic E-state index is 0. The second kappa shape index (κ2) is 16.3. The molecule has 1 atom stereocenters. The van der Waals surface area contributed by atoms with E-state index in [2.05, 4.69) is 10.6 Å². The third kappa shape index (κ3) is 11.0. The number of rotatable bonds is 11. The number of nitrogens with one attached hydrogen (secondary N) is 2. The van der Waals surface area contributed by atoms with Crippen LogP contribution in [0.3, 0.4) is 0 Å². The van der Waals surface area contributed by atoms with Crippen LogP contribution in [-0.4, -0.2) is 58.9 Å². The van der Waals surface area contributed by atoms with Gasteiger partial charge in [-0.05, 0) is 106 Å². The fourth-order valence-electron chi connectivity index (χ4n) is 4.77. The summed E-state index contributed by atoms with van der Waals surface area (Å²) < 4.78 is 11.6. The monoisotopic (exact) mass is 578 g/mol. The Hall–Kier alpha value is -2.44. The summed E-state index contributed by atoms with van der Waals surface area (Å²) in [6, 6.07) is 12.5.